The first-order valence-corrected chi connectivity index (χ1v) is 8.42. The van der Waals surface area contributed by atoms with Crippen molar-refractivity contribution >= 4 is 5.91 Å². The van der Waals surface area contributed by atoms with Gasteiger partial charge >= 0.3 is 0 Å². The average molecular weight is 313 g/mol. The second-order valence-electron chi connectivity index (χ2n) is 6.96. The first-order chi connectivity index (χ1) is 11.0. The molecule has 0 bridgehead atoms. The molecule has 1 aliphatic heterocycles. The molecule has 0 spiro atoms. The van der Waals surface area contributed by atoms with Gasteiger partial charge in [-0.3, -0.25) is 4.79 Å². The maximum Gasteiger partial charge on any atom is 0.254 e. The van der Waals surface area contributed by atoms with Crippen molar-refractivity contribution in [3.8, 4) is 6.07 Å². The highest BCUT2D eigenvalue weighted by Crippen LogP contribution is 2.41. The first kappa shape index (κ1) is 15.9. The monoisotopic (exact) mass is 313 g/mol. The first-order valence-electron chi connectivity index (χ1n) is 8.42. The third-order valence-corrected chi connectivity index (χ3v) is 5.39. The van der Waals surface area contributed by atoms with Crippen LogP contribution in [0.3, 0.4) is 0 Å². The minimum Gasteiger partial charge on any atom is -0.390 e. The Morgan fingerprint density at radius 1 is 1.43 bits per heavy atom. The van der Waals surface area contributed by atoms with E-state index < -0.39 is 5.60 Å². The van der Waals surface area contributed by atoms with E-state index >= 15 is 0 Å². The van der Waals surface area contributed by atoms with Crippen LogP contribution in [0.2, 0.25) is 0 Å². The highest BCUT2D eigenvalue weighted by atomic mass is 16.3. The third-order valence-electron chi connectivity index (χ3n) is 5.39. The van der Waals surface area contributed by atoms with E-state index in [9.17, 15) is 9.90 Å². The van der Waals surface area contributed by atoms with Crippen LogP contribution in [0.5, 0.6) is 0 Å². The van der Waals surface area contributed by atoms with E-state index in [1.807, 2.05) is 17.9 Å². The van der Waals surface area contributed by atoms with Crippen LogP contribution in [-0.4, -0.2) is 39.1 Å². The van der Waals surface area contributed by atoms with Crippen molar-refractivity contribution in [2.75, 3.05) is 6.54 Å². The summed E-state index contributed by atoms with van der Waals surface area (Å²) in [5.74, 6) is 0.0905. The van der Waals surface area contributed by atoms with E-state index in [1.165, 1.54) is 6.20 Å². The molecule has 3 rings (SSSR count). The summed E-state index contributed by atoms with van der Waals surface area (Å²) in [5.41, 5.74) is 0.0807. The number of hydrogen-bond acceptors (Lipinski definition) is 4. The fraction of sp³-hybridized carbons (Fsp3) is 0.611. The van der Waals surface area contributed by atoms with Crippen molar-refractivity contribution in [3.05, 3.63) is 29.6 Å². The molecule has 1 saturated heterocycles. The van der Waals surface area contributed by atoms with Crippen LogP contribution in [0.4, 0.5) is 0 Å². The van der Waals surface area contributed by atoms with Crippen LogP contribution in [-0.2, 0) is 0 Å². The van der Waals surface area contributed by atoms with E-state index in [2.05, 4.69) is 4.98 Å². The van der Waals surface area contributed by atoms with Crippen molar-refractivity contribution in [3.63, 3.8) is 0 Å². The van der Waals surface area contributed by atoms with Gasteiger partial charge in [-0.2, -0.15) is 5.26 Å². The lowest BCUT2D eigenvalue weighted by atomic mass is 9.72. The number of aromatic nitrogens is 1. The molecule has 1 aliphatic carbocycles. The number of amides is 1. The van der Waals surface area contributed by atoms with E-state index in [4.69, 9.17) is 5.26 Å². The lowest BCUT2D eigenvalue weighted by Gasteiger charge is -2.43. The molecule has 0 radical (unpaired) electrons. The second kappa shape index (κ2) is 6.29. The van der Waals surface area contributed by atoms with Crippen LogP contribution >= 0.6 is 0 Å². The molecule has 1 amide bonds. The van der Waals surface area contributed by atoms with Crippen molar-refractivity contribution in [2.45, 2.75) is 57.1 Å². The summed E-state index contributed by atoms with van der Waals surface area (Å²) < 4.78 is 0. The predicted molar refractivity (Wildman–Crippen MR) is 85.6 cm³/mol. The zero-order chi connectivity index (χ0) is 16.4. The van der Waals surface area contributed by atoms with Gasteiger partial charge < -0.3 is 10.0 Å². The molecule has 0 aromatic carbocycles. The number of aliphatic hydroxyl groups is 1. The van der Waals surface area contributed by atoms with Gasteiger partial charge in [0.2, 0.25) is 0 Å². The predicted octanol–water partition coefficient (Wildman–Crippen LogP) is 2.50. The standard InChI is InChI=1S/C18H23N3O2/c1-18(23)8-3-2-5-15(18)16-6-4-10-21(16)17(22)13-7-9-20-14(11-13)12-19/h7,9,11,15-16,23H,2-6,8,10H2,1H3/t15-,16-,18-/m0/s1. The molecule has 5 heteroatoms. The molecule has 2 fully saturated rings. The van der Waals surface area contributed by atoms with E-state index in [1.54, 1.807) is 12.1 Å². The molecule has 23 heavy (non-hydrogen) atoms. The zero-order valence-corrected chi connectivity index (χ0v) is 13.5. The van der Waals surface area contributed by atoms with Gasteiger partial charge in [0.05, 0.1) is 5.60 Å². The Bertz CT molecular complexity index is 635. The lowest BCUT2D eigenvalue weighted by Crippen LogP contribution is -2.50. The Morgan fingerprint density at radius 2 is 2.26 bits per heavy atom. The Labute approximate surface area is 136 Å². The van der Waals surface area contributed by atoms with Gasteiger partial charge in [0, 0.05) is 30.3 Å². The van der Waals surface area contributed by atoms with Gasteiger partial charge in [-0.15, -0.1) is 0 Å². The van der Waals surface area contributed by atoms with Crippen molar-refractivity contribution in [2.24, 2.45) is 5.92 Å². The highest BCUT2D eigenvalue weighted by molar-refractivity contribution is 5.94. The summed E-state index contributed by atoms with van der Waals surface area (Å²) in [7, 11) is 0. The maximum atomic E-state index is 12.9. The summed E-state index contributed by atoms with van der Waals surface area (Å²) in [6.07, 6.45) is 7.38. The number of nitrogens with zero attached hydrogens (tertiary/aromatic N) is 3. The SMILES string of the molecule is C[C@]1(O)CCCC[C@H]1[C@@H]1CCCN1C(=O)c1ccnc(C#N)c1. The third kappa shape index (κ3) is 3.09. The van der Waals surface area contributed by atoms with Crippen LogP contribution < -0.4 is 0 Å². The zero-order valence-electron chi connectivity index (χ0n) is 13.5. The number of rotatable bonds is 2. The molecular weight excluding hydrogens is 290 g/mol. The summed E-state index contributed by atoms with van der Waals surface area (Å²) >= 11 is 0. The Hall–Kier alpha value is -1.93. The van der Waals surface area contributed by atoms with Crippen LogP contribution in [0.25, 0.3) is 0 Å². The quantitative estimate of drug-likeness (QED) is 0.910. The minimum absolute atomic E-state index is 0.0484. The highest BCUT2D eigenvalue weighted by Gasteiger charge is 2.44. The molecular formula is C18H23N3O2. The Balaban J connectivity index is 1.83. The van der Waals surface area contributed by atoms with Crippen molar-refractivity contribution in [1.29, 1.82) is 5.26 Å². The van der Waals surface area contributed by atoms with Crippen LogP contribution in [0.1, 0.15) is 61.5 Å². The number of carbonyl (C=O) groups is 1. The number of pyridine rings is 1. The van der Waals surface area contributed by atoms with E-state index in [0.717, 1.165) is 45.1 Å². The number of carbonyl (C=O) groups excluding carboxylic acids is 1. The van der Waals surface area contributed by atoms with Gasteiger partial charge in [0.15, 0.2) is 0 Å². The molecule has 1 saturated carbocycles. The molecule has 2 heterocycles. The fourth-order valence-corrected chi connectivity index (χ4v) is 4.20. The van der Waals surface area contributed by atoms with Gasteiger partial charge in [-0.1, -0.05) is 12.8 Å². The maximum absolute atomic E-state index is 12.9. The van der Waals surface area contributed by atoms with Crippen LogP contribution in [0, 0.1) is 17.2 Å². The smallest absolute Gasteiger partial charge is 0.254 e. The van der Waals surface area contributed by atoms with Gasteiger partial charge in [0.1, 0.15) is 11.8 Å². The fourth-order valence-electron chi connectivity index (χ4n) is 4.20. The molecule has 1 N–H and O–H groups in total. The van der Waals surface area contributed by atoms with E-state index in [0.29, 0.717) is 5.56 Å². The topological polar surface area (TPSA) is 77.2 Å². The molecule has 0 unspecified atom stereocenters. The van der Waals surface area contributed by atoms with Crippen LogP contribution in [0.15, 0.2) is 18.3 Å². The van der Waals surface area contributed by atoms with Gasteiger partial charge in [-0.05, 0) is 44.7 Å². The average Bonchev–Trinajstić information content (AvgIpc) is 3.03. The number of likely N-dealkylation sites (tertiary alicyclic amines) is 1. The summed E-state index contributed by atoms with van der Waals surface area (Å²) in [4.78, 5) is 18.7. The largest absolute Gasteiger partial charge is 0.390 e. The Morgan fingerprint density at radius 3 is 3.00 bits per heavy atom. The van der Waals surface area contributed by atoms with Crippen molar-refractivity contribution in [1.82, 2.24) is 9.88 Å². The van der Waals surface area contributed by atoms with Crippen molar-refractivity contribution < 1.29 is 9.90 Å². The number of nitriles is 1. The number of hydrogen-bond donors (Lipinski definition) is 1. The van der Waals surface area contributed by atoms with E-state index in [-0.39, 0.29) is 23.6 Å². The second-order valence-corrected chi connectivity index (χ2v) is 6.96. The van der Waals surface area contributed by atoms with Gasteiger partial charge in [0.25, 0.3) is 5.91 Å². The molecule has 3 atom stereocenters. The summed E-state index contributed by atoms with van der Waals surface area (Å²) in [6.45, 7) is 2.64. The molecule has 1 aromatic heterocycles. The minimum atomic E-state index is -0.693. The lowest BCUT2D eigenvalue weighted by molar-refractivity contribution is -0.0577. The summed E-state index contributed by atoms with van der Waals surface area (Å²) in [6, 6.07) is 5.29. The molecule has 1 aromatic rings. The molecule has 122 valence electrons. The molecule has 5 nitrogen and oxygen atoms in total. The van der Waals surface area contributed by atoms with Gasteiger partial charge in [-0.25, -0.2) is 4.98 Å². The summed E-state index contributed by atoms with van der Waals surface area (Å²) in [5, 5.41) is 19.7. The normalized spacial score (nSPS) is 30.9. The Kier molecular flexibility index (Phi) is 4.36. The molecule has 2 aliphatic rings.